The summed E-state index contributed by atoms with van der Waals surface area (Å²) in [7, 11) is -3.53. The Balaban J connectivity index is 1.50. The van der Waals surface area contributed by atoms with Gasteiger partial charge in [0.15, 0.2) is 0 Å². The van der Waals surface area contributed by atoms with Gasteiger partial charge < -0.3 is 4.90 Å². The first-order valence-electron chi connectivity index (χ1n) is 9.56. The van der Waals surface area contributed by atoms with Crippen molar-refractivity contribution in [2.75, 3.05) is 25.4 Å². The maximum Gasteiger partial charge on any atom is 0.240 e. The predicted molar refractivity (Wildman–Crippen MR) is 121 cm³/mol. The number of thioether (sulfide) groups is 1. The van der Waals surface area contributed by atoms with Gasteiger partial charge in [-0.2, -0.15) is 0 Å². The van der Waals surface area contributed by atoms with Gasteiger partial charge in [-0.1, -0.05) is 33.6 Å². The largest absolute Gasteiger partial charge is 0.342 e. The van der Waals surface area contributed by atoms with E-state index in [1.807, 2.05) is 36.1 Å². The summed E-state index contributed by atoms with van der Waals surface area (Å²) in [5, 5.41) is 0. The van der Waals surface area contributed by atoms with Gasteiger partial charge in [0, 0.05) is 29.0 Å². The number of piperidine rings is 1. The number of likely N-dealkylation sites (tertiary alicyclic amines) is 1. The Labute approximate surface area is 185 Å². The lowest BCUT2D eigenvalue weighted by atomic mass is 9.98. The number of benzene rings is 2. The van der Waals surface area contributed by atoms with Gasteiger partial charge in [-0.3, -0.25) is 4.79 Å². The maximum atomic E-state index is 12.6. The second-order valence-corrected chi connectivity index (χ2v) is 11.0. The molecule has 3 rings (SSSR count). The molecule has 0 aromatic heterocycles. The molecule has 29 heavy (non-hydrogen) atoms. The van der Waals surface area contributed by atoms with E-state index in [0.29, 0.717) is 18.8 Å². The van der Waals surface area contributed by atoms with Gasteiger partial charge in [-0.05, 0) is 62.1 Å². The standard InChI is InChI=1S/C21H25BrN2O3S2/c1-16-4-10-20(11-5-16)29(26,27)23-13-17-3-2-12-24(14-17)21(25)15-28-19-8-6-18(22)7-9-19/h4-11,17,23H,2-3,12-15H2,1H3. The summed E-state index contributed by atoms with van der Waals surface area (Å²) in [6, 6.07) is 14.7. The average molecular weight is 497 g/mol. The first-order chi connectivity index (χ1) is 13.8. The third-order valence-electron chi connectivity index (χ3n) is 4.94. The van der Waals surface area contributed by atoms with E-state index in [0.717, 1.165) is 34.3 Å². The molecule has 2 aromatic rings. The number of amides is 1. The molecule has 5 nitrogen and oxygen atoms in total. The molecule has 1 atom stereocenters. The van der Waals surface area contributed by atoms with Crippen molar-refractivity contribution >= 4 is 43.6 Å². The van der Waals surface area contributed by atoms with Crippen LogP contribution < -0.4 is 4.72 Å². The highest BCUT2D eigenvalue weighted by molar-refractivity contribution is 9.10. The summed E-state index contributed by atoms with van der Waals surface area (Å²) in [4.78, 5) is 15.8. The van der Waals surface area contributed by atoms with Crippen LogP contribution in [0.1, 0.15) is 18.4 Å². The second-order valence-electron chi connectivity index (χ2n) is 7.26. The SMILES string of the molecule is Cc1ccc(S(=O)(=O)NCC2CCCN(C(=O)CSc3ccc(Br)cc3)C2)cc1. The van der Waals surface area contributed by atoms with Crippen LogP contribution >= 0.6 is 27.7 Å². The van der Waals surface area contributed by atoms with Crippen LogP contribution in [0, 0.1) is 12.8 Å². The third kappa shape index (κ3) is 6.57. The van der Waals surface area contributed by atoms with E-state index < -0.39 is 10.0 Å². The van der Waals surface area contributed by atoms with Crippen molar-refractivity contribution in [3.63, 3.8) is 0 Å². The highest BCUT2D eigenvalue weighted by Crippen LogP contribution is 2.23. The summed E-state index contributed by atoms with van der Waals surface area (Å²) in [5.74, 6) is 0.623. The van der Waals surface area contributed by atoms with E-state index in [-0.39, 0.29) is 16.7 Å². The molecule has 1 fully saturated rings. The summed E-state index contributed by atoms with van der Waals surface area (Å²) in [6.45, 7) is 3.60. The molecular formula is C21H25BrN2O3S2. The number of aryl methyl sites for hydroxylation is 1. The molecular weight excluding hydrogens is 472 g/mol. The monoisotopic (exact) mass is 496 g/mol. The zero-order chi connectivity index (χ0) is 20.9. The quantitative estimate of drug-likeness (QED) is 0.586. The topological polar surface area (TPSA) is 66.5 Å². The van der Waals surface area contributed by atoms with Crippen molar-refractivity contribution in [3.05, 3.63) is 58.6 Å². The van der Waals surface area contributed by atoms with Crippen LogP contribution in [0.5, 0.6) is 0 Å². The Morgan fingerprint density at radius 1 is 1.17 bits per heavy atom. The molecule has 1 amide bonds. The number of halogens is 1. The van der Waals surface area contributed by atoms with E-state index >= 15 is 0 Å². The molecule has 1 saturated heterocycles. The van der Waals surface area contributed by atoms with Crippen molar-refractivity contribution in [1.29, 1.82) is 0 Å². The summed E-state index contributed by atoms with van der Waals surface area (Å²) in [6.07, 6.45) is 1.81. The van der Waals surface area contributed by atoms with Gasteiger partial charge in [-0.15, -0.1) is 11.8 Å². The Morgan fingerprint density at radius 2 is 1.86 bits per heavy atom. The molecule has 0 bridgehead atoms. The van der Waals surface area contributed by atoms with E-state index in [4.69, 9.17) is 0 Å². The summed E-state index contributed by atoms with van der Waals surface area (Å²) < 4.78 is 28.7. The molecule has 0 spiro atoms. The number of hydrogen-bond donors (Lipinski definition) is 1. The minimum atomic E-state index is -3.53. The molecule has 0 radical (unpaired) electrons. The Morgan fingerprint density at radius 3 is 2.55 bits per heavy atom. The van der Waals surface area contributed by atoms with Gasteiger partial charge in [-0.25, -0.2) is 13.1 Å². The van der Waals surface area contributed by atoms with Crippen LogP contribution in [0.4, 0.5) is 0 Å². The lowest BCUT2D eigenvalue weighted by Crippen LogP contribution is -2.44. The average Bonchev–Trinajstić information content (AvgIpc) is 2.72. The predicted octanol–water partition coefficient (Wildman–Crippen LogP) is 4.07. The van der Waals surface area contributed by atoms with Crippen LogP contribution in [0.3, 0.4) is 0 Å². The van der Waals surface area contributed by atoms with Crippen LogP contribution in [0.15, 0.2) is 62.8 Å². The first-order valence-corrected chi connectivity index (χ1v) is 12.8. The Hall–Kier alpha value is -1.35. The number of carbonyl (C=O) groups excluding carboxylic acids is 1. The normalized spacial score (nSPS) is 17.3. The lowest BCUT2D eigenvalue weighted by Gasteiger charge is -2.32. The fraction of sp³-hybridized carbons (Fsp3) is 0.381. The van der Waals surface area contributed by atoms with Gasteiger partial charge in [0.1, 0.15) is 0 Å². The van der Waals surface area contributed by atoms with E-state index in [9.17, 15) is 13.2 Å². The van der Waals surface area contributed by atoms with Gasteiger partial charge >= 0.3 is 0 Å². The lowest BCUT2D eigenvalue weighted by molar-refractivity contribution is -0.130. The van der Waals surface area contributed by atoms with Crippen LogP contribution in [0.2, 0.25) is 0 Å². The van der Waals surface area contributed by atoms with Crippen molar-refractivity contribution < 1.29 is 13.2 Å². The van der Waals surface area contributed by atoms with Gasteiger partial charge in [0.2, 0.25) is 15.9 Å². The fourth-order valence-electron chi connectivity index (χ4n) is 3.25. The van der Waals surface area contributed by atoms with Crippen LogP contribution in [0.25, 0.3) is 0 Å². The molecule has 1 aliphatic heterocycles. The maximum absolute atomic E-state index is 12.6. The molecule has 8 heteroatoms. The second kappa shape index (κ2) is 10.1. The molecule has 1 aliphatic rings. The van der Waals surface area contributed by atoms with Crippen molar-refractivity contribution in [1.82, 2.24) is 9.62 Å². The number of sulfonamides is 1. The highest BCUT2D eigenvalue weighted by Gasteiger charge is 2.25. The molecule has 2 aromatic carbocycles. The summed E-state index contributed by atoms with van der Waals surface area (Å²) >= 11 is 4.93. The fourth-order valence-corrected chi connectivity index (χ4v) is 5.44. The molecule has 1 unspecified atom stereocenters. The number of nitrogens with one attached hydrogen (secondary N) is 1. The van der Waals surface area contributed by atoms with Crippen molar-refractivity contribution in [3.8, 4) is 0 Å². The smallest absolute Gasteiger partial charge is 0.240 e. The Kier molecular flexibility index (Phi) is 7.79. The molecule has 0 saturated carbocycles. The number of hydrogen-bond acceptors (Lipinski definition) is 4. The van der Waals surface area contributed by atoms with Crippen molar-refractivity contribution in [2.45, 2.75) is 29.6 Å². The van der Waals surface area contributed by atoms with E-state index in [2.05, 4.69) is 20.7 Å². The van der Waals surface area contributed by atoms with Crippen LogP contribution in [-0.2, 0) is 14.8 Å². The van der Waals surface area contributed by atoms with E-state index in [1.54, 1.807) is 24.3 Å². The van der Waals surface area contributed by atoms with Crippen LogP contribution in [-0.4, -0.2) is 44.6 Å². The minimum absolute atomic E-state index is 0.101. The van der Waals surface area contributed by atoms with Gasteiger partial charge in [0.25, 0.3) is 0 Å². The number of carbonyl (C=O) groups is 1. The zero-order valence-electron chi connectivity index (χ0n) is 16.3. The number of rotatable bonds is 7. The minimum Gasteiger partial charge on any atom is -0.342 e. The highest BCUT2D eigenvalue weighted by atomic mass is 79.9. The summed E-state index contributed by atoms with van der Waals surface area (Å²) in [5.41, 5.74) is 1.02. The third-order valence-corrected chi connectivity index (χ3v) is 7.91. The first kappa shape index (κ1) is 22.3. The van der Waals surface area contributed by atoms with Crippen molar-refractivity contribution in [2.24, 2.45) is 5.92 Å². The van der Waals surface area contributed by atoms with Gasteiger partial charge in [0.05, 0.1) is 10.6 Å². The molecule has 156 valence electrons. The molecule has 1 heterocycles. The molecule has 0 aliphatic carbocycles. The zero-order valence-corrected chi connectivity index (χ0v) is 19.5. The van der Waals surface area contributed by atoms with E-state index in [1.165, 1.54) is 11.8 Å². The number of nitrogens with zero attached hydrogens (tertiary/aromatic N) is 1. The Bertz CT molecular complexity index is 931. The molecule has 1 N–H and O–H groups in total.